The van der Waals surface area contributed by atoms with Crippen molar-refractivity contribution in [3.8, 4) is 11.5 Å². The van der Waals surface area contributed by atoms with Crippen molar-refractivity contribution in [3.05, 3.63) is 46.6 Å². The second kappa shape index (κ2) is 9.05. The molecule has 1 saturated heterocycles. The fraction of sp³-hybridized carbons (Fsp3) is 0.478. The average Bonchev–Trinajstić information content (AvgIpc) is 3.67. The van der Waals surface area contributed by atoms with Crippen LogP contribution < -0.4 is 19.7 Å². The Hall–Kier alpha value is -2.88. The molecular formula is C23H24ClF3N4O3. The number of hydrogen-bond donors (Lipinski definition) is 1. The highest BCUT2D eigenvalue weighted by Gasteiger charge is 2.36. The maximum atomic E-state index is 13.0. The molecule has 1 saturated carbocycles. The van der Waals surface area contributed by atoms with Crippen LogP contribution in [0.4, 0.5) is 23.8 Å². The Kier molecular flexibility index (Phi) is 6.09. The number of nitrogens with one attached hydrogen (secondary N) is 1. The molecule has 5 rings (SSSR count). The van der Waals surface area contributed by atoms with Crippen LogP contribution in [0.25, 0.3) is 0 Å². The second-order valence-corrected chi connectivity index (χ2v) is 9.08. The van der Waals surface area contributed by atoms with Crippen LogP contribution in [0.5, 0.6) is 11.5 Å². The Balaban J connectivity index is 1.22. The molecule has 0 spiro atoms. The third kappa shape index (κ3) is 4.82. The average molecular weight is 497 g/mol. The van der Waals surface area contributed by atoms with Gasteiger partial charge in [-0.2, -0.15) is 13.2 Å². The van der Waals surface area contributed by atoms with E-state index >= 15 is 0 Å². The van der Waals surface area contributed by atoms with Crippen molar-refractivity contribution in [2.75, 3.05) is 44.3 Å². The third-order valence-electron chi connectivity index (χ3n) is 6.31. The predicted molar refractivity (Wildman–Crippen MR) is 119 cm³/mol. The van der Waals surface area contributed by atoms with Crippen molar-refractivity contribution < 1.29 is 27.4 Å². The fourth-order valence-electron chi connectivity index (χ4n) is 4.32. The van der Waals surface area contributed by atoms with Gasteiger partial charge in [0.1, 0.15) is 19.0 Å². The zero-order chi connectivity index (χ0) is 23.9. The number of hydrogen-bond acceptors (Lipinski definition) is 5. The van der Waals surface area contributed by atoms with Crippen molar-refractivity contribution >= 4 is 23.4 Å². The number of urea groups is 1. The fourth-order valence-corrected chi connectivity index (χ4v) is 4.61. The summed E-state index contributed by atoms with van der Waals surface area (Å²) in [5, 5.41) is 3.11. The maximum absolute atomic E-state index is 13.0. The number of anilines is 1. The third-order valence-corrected chi connectivity index (χ3v) is 6.59. The number of nitrogens with zero attached hydrogens (tertiary/aromatic N) is 3. The van der Waals surface area contributed by atoms with Gasteiger partial charge in [-0.25, -0.2) is 9.78 Å². The van der Waals surface area contributed by atoms with Crippen LogP contribution in [0.1, 0.15) is 30.0 Å². The van der Waals surface area contributed by atoms with Crippen molar-refractivity contribution in [2.24, 2.45) is 5.92 Å². The van der Waals surface area contributed by atoms with E-state index in [0.29, 0.717) is 62.6 Å². The molecule has 0 bridgehead atoms. The summed E-state index contributed by atoms with van der Waals surface area (Å²) in [5.74, 6) is 2.07. The molecule has 1 N–H and O–H groups in total. The molecular weight excluding hydrogens is 473 g/mol. The van der Waals surface area contributed by atoms with E-state index in [0.717, 1.165) is 30.7 Å². The highest BCUT2D eigenvalue weighted by Crippen LogP contribution is 2.43. The largest absolute Gasteiger partial charge is 0.486 e. The first-order valence-electron chi connectivity index (χ1n) is 11.2. The quantitative estimate of drug-likeness (QED) is 0.674. The molecule has 182 valence electrons. The van der Waals surface area contributed by atoms with E-state index in [2.05, 4.69) is 10.3 Å². The molecule has 1 aromatic heterocycles. The van der Waals surface area contributed by atoms with Gasteiger partial charge in [0.15, 0.2) is 11.5 Å². The number of fused-ring (bicyclic) bond motifs is 1. The maximum Gasteiger partial charge on any atom is 0.417 e. The van der Waals surface area contributed by atoms with Gasteiger partial charge in [0.2, 0.25) is 0 Å². The van der Waals surface area contributed by atoms with Gasteiger partial charge in [-0.1, -0.05) is 17.7 Å². The molecule has 7 nitrogen and oxygen atoms in total. The van der Waals surface area contributed by atoms with Crippen LogP contribution in [0, 0.1) is 5.92 Å². The summed E-state index contributed by atoms with van der Waals surface area (Å²) in [5.41, 5.74) is 0.101. The number of halogens is 4. The first kappa shape index (κ1) is 22.9. The van der Waals surface area contributed by atoms with E-state index < -0.39 is 11.7 Å². The zero-order valence-electron chi connectivity index (χ0n) is 18.3. The number of aromatic nitrogens is 1. The number of amides is 2. The van der Waals surface area contributed by atoms with Gasteiger partial charge in [-0.05, 0) is 42.5 Å². The molecule has 2 amide bonds. The summed E-state index contributed by atoms with van der Waals surface area (Å²) >= 11 is 6.08. The van der Waals surface area contributed by atoms with Crippen molar-refractivity contribution in [2.45, 2.75) is 25.1 Å². The number of alkyl halides is 3. The van der Waals surface area contributed by atoms with Gasteiger partial charge in [-0.3, -0.25) is 0 Å². The van der Waals surface area contributed by atoms with E-state index in [1.54, 1.807) is 9.80 Å². The summed E-state index contributed by atoms with van der Waals surface area (Å²) < 4.78 is 49.9. The van der Waals surface area contributed by atoms with Crippen molar-refractivity contribution in [3.63, 3.8) is 0 Å². The van der Waals surface area contributed by atoms with Gasteiger partial charge in [0.05, 0.1) is 16.6 Å². The number of carbonyl (C=O) groups excluding carboxylic acids is 1. The summed E-state index contributed by atoms with van der Waals surface area (Å²) in [6, 6.07) is 6.38. The van der Waals surface area contributed by atoms with Crippen LogP contribution in [0.2, 0.25) is 5.02 Å². The van der Waals surface area contributed by atoms with Crippen LogP contribution in [0.3, 0.4) is 0 Å². The second-order valence-electron chi connectivity index (χ2n) is 8.67. The number of rotatable bonds is 4. The molecule has 1 aromatic carbocycles. The monoisotopic (exact) mass is 496 g/mol. The Morgan fingerprint density at radius 3 is 2.44 bits per heavy atom. The van der Waals surface area contributed by atoms with Crippen LogP contribution in [-0.2, 0) is 6.18 Å². The standard InChI is InChI=1S/C23H24ClF3N4O3/c24-17-12-16(23(25,26)27)13-28-21(17)30-5-7-31(8-6-30)22(32)29-20(14-1-2-14)15-3-4-18-19(11-15)34-10-9-33-18/h3-4,11-14,20H,1-2,5-10H2,(H,29,32). The topological polar surface area (TPSA) is 66.9 Å². The number of carbonyl (C=O) groups is 1. The number of benzene rings is 1. The molecule has 2 aromatic rings. The molecule has 0 radical (unpaired) electrons. The summed E-state index contributed by atoms with van der Waals surface area (Å²) in [4.78, 5) is 20.5. The Labute approximate surface area is 199 Å². The van der Waals surface area contributed by atoms with E-state index in [1.807, 2.05) is 18.2 Å². The van der Waals surface area contributed by atoms with Crippen LogP contribution >= 0.6 is 11.6 Å². The first-order chi connectivity index (χ1) is 16.3. The minimum Gasteiger partial charge on any atom is -0.486 e. The number of piperazine rings is 1. The van der Waals surface area contributed by atoms with E-state index in [4.69, 9.17) is 21.1 Å². The lowest BCUT2D eigenvalue weighted by Crippen LogP contribution is -2.52. The SMILES string of the molecule is O=C(NC(c1ccc2c(c1)OCCO2)C1CC1)N1CCN(c2ncc(C(F)(F)F)cc2Cl)CC1. The first-order valence-corrected chi connectivity index (χ1v) is 11.6. The number of ether oxygens (including phenoxy) is 2. The molecule has 1 atom stereocenters. The van der Waals surface area contributed by atoms with Gasteiger partial charge >= 0.3 is 12.2 Å². The lowest BCUT2D eigenvalue weighted by atomic mass is 10.0. The molecule has 11 heteroatoms. The highest BCUT2D eigenvalue weighted by atomic mass is 35.5. The molecule has 34 heavy (non-hydrogen) atoms. The van der Waals surface area contributed by atoms with Gasteiger partial charge < -0.3 is 24.6 Å². The zero-order valence-corrected chi connectivity index (χ0v) is 19.0. The molecule has 3 heterocycles. The minimum absolute atomic E-state index is 0.0554. The van der Waals surface area contributed by atoms with Gasteiger partial charge in [-0.15, -0.1) is 0 Å². The Morgan fingerprint density at radius 1 is 1.09 bits per heavy atom. The minimum atomic E-state index is -4.50. The lowest BCUT2D eigenvalue weighted by Gasteiger charge is -2.36. The molecule has 1 unspecified atom stereocenters. The normalized spacial score (nSPS) is 19.1. The lowest BCUT2D eigenvalue weighted by molar-refractivity contribution is -0.137. The predicted octanol–water partition coefficient (Wildman–Crippen LogP) is 4.51. The Bertz CT molecular complexity index is 1070. The molecule has 2 fully saturated rings. The molecule has 3 aliphatic rings. The van der Waals surface area contributed by atoms with E-state index in [-0.39, 0.29) is 17.1 Å². The van der Waals surface area contributed by atoms with Crippen LogP contribution in [0.15, 0.2) is 30.5 Å². The van der Waals surface area contributed by atoms with Crippen LogP contribution in [-0.4, -0.2) is 55.3 Å². The summed E-state index contributed by atoms with van der Waals surface area (Å²) in [6.07, 6.45) is -1.62. The molecule has 1 aliphatic carbocycles. The smallest absolute Gasteiger partial charge is 0.417 e. The summed E-state index contributed by atoms with van der Waals surface area (Å²) in [6.45, 7) is 2.67. The molecule has 2 aliphatic heterocycles. The summed E-state index contributed by atoms with van der Waals surface area (Å²) in [7, 11) is 0. The van der Waals surface area contributed by atoms with Gasteiger partial charge in [0, 0.05) is 32.4 Å². The van der Waals surface area contributed by atoms with Crippen molar-refractivity contribution in [1.82, 2.24) is 15.2 Å². The highest BCUT2D eigenvalue weighted by molar-refractivity contribution is 6.33. The number of pyridine rings is 1. The Morgan fingerprint density at radius 2 is 1.79 bits per heavy atom. The van der Waals surface area contributed by atoms with E-state index in [1.165, 1.54) is 0 Å². The van der Waals surface area contributed by atoms with Gasteiger partial charge in [0.25, 0.3) is 0 Å². The van der Waals surface area contributed by atoms with Crippen molar-refractivity contribution in [1.29, 1.82) is 0 Å². The van der Waals surface area contributed by atoms with E-state index in [9.17, 15) is 18.0 Å².